The Morgan fingerprint density at radius 3 is 2.91 bits per heavy atom. The second-order valence-electron chi connectivity index (χ2n) is 5.98. The molecule has 1 aliphatic rings. The summed E-state index contributed by atoms with van der Waals surface area (Å²) in [7, 11) is 1.84. The minimum absolute atomic E-state index is 0. The summed E-state index contributed by atoms with van der Waals surface area (Å²) in [5.41, 5.74) is 0. The van der Waals surface area contributed by atoms with Crippen LogP contribution in [0.3, 0.4) is 0 Å². The third kappa shape index (κ3) is 6.42. The fourth-order valence-electron chi connectivity index (χ4n) is 2.78. The molecule has 0 bridgehead atoms. The molecule has 22 heavy (non-hydrogen) atoms. The first kappa shape index (κ1) is 19.7. The minimum Gasteiger partial charge on any atom is -0.356 e. The molecule has 0 aromatic carbocycles. The van der Waals surface area contributed by atoms with Crippen molar-refractivity contribution < 1.29 is 0 Å². The number of rotatable bonds is 5. The van der Waals surface area contributed by atoms with Crippen LogP contribution in [0.5, 0.6) is 0 Å². The molecular formula is C16H29IN4S. The molecule has 1 aliphatic heterocycles. The normalized spacial score (nSPS) is 19.8. The SMILES string of the molecule is CN=C(NCc1cccs1)NCC1CCCN(C(C)C)C1.I. The first-order valence-corrected chi connectivity index (χ1v) is 8.78. The Labute approximate surface area is 155 Å². The molecule has 1 fully saturated rings. The quantitative estimate of drug-likeness (QED) is 0.423. The van der Waals surface area contributed by atoms with Gasteiger partial charge in [0.1, 0.15) is 0 Å². The van der Waals surface area contributed by atoms with Crippen molar-refractivity contribution in [3.8, 4) is 0 Å². The standard InChI is InChI=1S/C16H28N4S.HI/c1-13(2)20-8-4-6-14(12-20)10-18-16(17-3)19-11-15-7-5-9-21-15;/h5,7,9,13-14H,4,6,8,10-12H2,1-3H3,(H2,17,18,19);1H. The van der Waals surface area contributed by atoms with Crippen molar-refractivity contribution in [1.82, 2.24) is 15.5 Å². The number of likely N-dealkylation sites (tertiary alicyclic amines) is 1. The molecule has 0 aliphatic carbocycles. The predicted octanol–water partition coefficient (Wildman–Crippen LogP) is 3.15. The lowest BCUT2D eigenvalue weighted by molar-refractivity contribution is 0.141. The van der Waals surface area contributed by atoms with Crippen LogP contribution in [0.4, 0.5) is 0 Å². The van der Waals surface area contributed by atoms with E-state index >= 15 is 0 Å². The number of guanidine groups is 1. The molecule has 2 heterocycles. The molecule has 4 nitrogen and oxygen atoms in total. The zero-order chi connectivity index (χ0) is 15.1. The number of nitrogens with one attached hydrogen (secondary N) is 2. The van der Waals surface area contributed by atoms with Crippen LogP contribution in [0.2, 0.25) is 0 Å². The monoisotopic (exact) mass is 436 g/mol. The van der Waals surface area contributed by atoms with E-state index in [9.17, 15) is 0 Å². The summed E-state index contributed by atoms with van der Waals surface area (Å²) >= 11 is 1.77. The van der Waals surface area contributed by atoms with E-state index in [2.05, 4.69) is 51.9 Å². The smallest absolute Gasteiger partial charge is 0.191 e. The molecular weight excluding hydrogens is 407 g/mol. The summed E-state index contributed by atoms with van der Waals surface area (Å²) in [6.07, 6.45) is 2.63. The van der Waals surface area contributed by atoms with Gasteiger partial charge in [-0.15, -0.1) is 35.3 Å². The average molecular weight is 436 g/mol. The highest BCUT2D eigenvalue weighted by atomic mass is 127. The van der Waals surface area contributed by atoms with Gasteiger partial charge >= 0.3 is 0 Å². The van der Waals surface area contributed by atoms with Crippen molar-refractivity contribution in [3.63, 3.8) is 0 Å². The largest absolute Gasteiger partial charge is 0.356 e. The lowest BCUT2D eigenvalue weighted by atomic mass is 9.97. The maximum absolute atomic E-state index is 4.31. The molecule has 126 valence electrons. The molecule has 1 unspecified atom stereocenters. The highest BCUT2D eigenvalue weighted by Gasteiger charge is 2.21. The van der Waals surface area contributed by atoms with Gasteiger partial charge in [-0.25, -0.2) is 0 Å². The Kier molecular flexibility index (Phi) is 9.35. The summed E-state index contributed by atoms with van der Waals surface area (Å²) in [5.74, 6) is 1.63. The lowest BCUT2D eigenvalue weighted by Gasteiger charge is -2.35. The molecule has 1 atom stereocenters. The highest BCUT2D eigenvalue weighted by Crippen LogP contribution is 2.17. The first-order chi connectivity index (χ1) is 10.2. The zero-order valence-electron chi connectivity index (χ0n) is 13.8. The van der Waals surface area contributed by atoms with E-state index in [1.54, 1.807) is 11.3 Å². The summed E-state index contributed by atoms with van der Waals surface area (Å²) < 4.78 is 0. The Bertz CT molecular complexity index is 433. The molecule has 1 aromatic heterocycles. The van der Waals surface area contributed by atoms with E-state index < -0.39 is 0 Å². The van der Waals surface area contributed by atoms with E-state index in [-0.39, 0.29) is 24.0 Å². The van der Waals surface area contributed by atoms with Gasteiger partial charge in [-0.05, 0) is 50.6 Å². The lowest BCUT2D eigenvalue weighted by Crippen LogP contribution is -2.45. The average Bonchev–Trinajstić information content (AvgIpc) is 3.01. The molecule has 0 amide bonds. The van der Waals surface area contributed by atoms with E-state index in [0.29, 0.717) is 6.04 Å². The number of thiophene rings is 1. The van der Waals surface area contributed by atoms with Crippen molar-refractivity contribution in [3.05, 3.63) is 22.4 Å². The number of halogens is 1. The molecule has 1 saturated heterocycles. The van der Waals surface area contributed by atoms with Crippen LogP contribution in [0.15, 0.2) is 22.5 Å². The van der Waals surface area contributed by atoms with E-state index in [1.807, 2.05) is 7.05 Å². The summed E-state index contributed by atoms with van der Waals surface area (Å²) in [6, 6.07) is 4.89. The third-order valence-electron chi connectivity index (χ3n) is 4.07. The maximum Gasteiger partial charge on any atom is 0.191 e. The molecule has 0 spiro atoms. The number of hydrogen-bond acceptors (Lipinski definition) is 3. The van der Waals surface area contributed by atoms with Crippen molar-refractivity contribution in [2.45, 2.75) is 39.3 Å². The number of hydrogen-bond donors (Lipinski definition) is 2. The van der Waals surface area contributed by atoms with Gasteiger partial charge in [0.2, 0.25) is 0 Å². The van der Waals surface area contributed by atoms with Crippen molar-refractivity contribution in [2.24, 2.45) is 10.9 Å². The van der Waals surface area contributed by atoms with Gasteiger partial charge in [-0.1, -0.05) is 6.07 Å². The minimum atomic E-state index is 0. The molecule has 0 saturated carbocycles. The molecule has 0 radical (unpaired) electrons. The van der Waals surface area contributed by atoms with Crippen LogP contribution in [0, 0.1) is 5.92 Å². The van der Waals surface area contributed by atoms with Crippen molar-refractivity contribution in [2.75, 3.05) is 26.7 Å². The molecule has 2 N–H and O–H groups in total. The van der Waals surface area contributed by atoms with E-state index in [1.165, 1.54) is 30.8 Å². The fourth-order valence-corrected chi connectivity index (χ4v) is 3.42. The number of nitrogens with zero attached hydrogens (tertiary/aromatic N) is 2. The highest BCUT2D eigenvalue weighted by molar-refractivity contribution is 14.0. The third-order valence-corrected chi connectivity index (χ3v) is 4.95. The van der Waals surface area contributed by atoms with Gasteiger partial charge < -0.3 is 15.5 Å². The molecule has 6 heteroatoms. The summed E-state index contributed by atoms with van der Waals surface area (Å²) in [4.78, 5) is 8.23. The Morgan fingerprint density at radius 1 is 1.45 bits per heavy atom. The first-order valence-electron chi connectivity index (χ1n) is 7.90. The number of aliphatic imine (C=N–C) groups is 1. The van der Waals surface area contributed by atoms with Crippen LogP contribution in [0.25, 0.3) is 0 Å². The Morgan fingerprint density at radius 2 is 2.27 bits per heavy atom. The predicted molar refractivity (Wildman–Crippen MR) is 107 cm³/mol. The second kappa shape index (κ2) is 10.4. The molecule has 2 rings (SSSR count). The van der Waals surface area contributed by atoms with Crippen LogP contribution in [0.1, 0.15) is 31.6 Å². The Balaban J connectivity index is 0.00000242. The van der Waals surface area contributed by atoms with E-state index in [0.717, 1.165) is 25.0 Å². The van der Waals surface area contributed by atoms with Gasteiger partial charge in [0, 0.05) is 31.1 Å². The van der Waals surface area contributed by atoms with Crippen molar-refractivity contribution in [1.29, 1.82) is 0 Å². The topological polar surface area (TPSA) is 39.7 Å². The van der Waals surface area contributed by atoms with Gasteiger partial charge in [-0.2, -0.15) is 0 Å². The van der Waals surface area contributed by atoms with Gasteiger partial charge in [-0.3, -0.25) is 4.99 Å². The van der Waals surface area contributed by atoms with Crippen molar-refractivity contribution >= 4 is 41.3 Å². The summed E-state index contributed by atoms with van der Waals surface area (Å²) in [5, 5.41) is 8.97. The fraction of sp³-hybridized carbons (Fsp3) is 0.688. The number of piperidine rings is 1. The van der Waals surface area contributed by atoms with E-state index in [4.69, 9.17) is 0 Å². The second-order valence-corrected chi connectivity index (χ2v) is 7.02. The maximum atomic E-state index is 4.31. The zero-order valence-corrected chi connectivity index (χ0v) is 17.0. The Hall–Kier alpha value is -0.340. The van der Waals surface area contributed by atoms with Gasteiger partial charge in [0.15, 0.2) is 5.96 Å². The van der Waals surface area contributed by atoms with Crippen LogP contribution >= 0.6 is 35.3 Å². The van der Waals surface area contributed by atoms with Gasteiger partial charge in [0.05, 0.1) is 6.54 Å². The van der Waals surface area contributed by atoms with Crippen LogP contribution in [-0.4, -0.2) is 43.6 Å². The summed E-state index contributed by atoms with van der Waals surface area (Å²) in [6.45, 7) is 8.88. The van der Waals surface area contributed by atoms with Crippen LogP contribution in [-0.2, 0) is 6.54 Å². The van der Waals surface area contributed by atoms with Crippen LogP contribution < -0.4 is 10.6 Å². The molecule has 1 aromatic rings. The van der Waals surface area contributed by atoms with Gasteiger partial charge in [0.25, 0.3) is 0 Å².